The van der Waals surface area contributed by atoms with Crippen LogP contribution in [-0.2, 0) is 11.2 Å². The van der Waals surface area contributed by atoms with Gasteiger partial charge in [0.25, 0.3) is 0 Å². The molecular weight excluding hydrogens is 204 g/mol. The number of aryl methyl sites for hydroxylation is 1. The highest BCUT2D eigenvalue weighted by Crippen LogP contribution is 2.28. The topological polar surface area (TPSA) is 55.6 Å². The Hall–Kier alpha value is -1.71. The summed E-state index contributed by atoms with van der Waals surface area (Å²) in [4.78, 5) is 12.7. The van der Waals surface area contributed by atoms with Crippen molar-refractivity contribution in [3.8, 4) is 5.75 Å². The van der Waals surface area contributed by atoms with Crippen molar-refractivity contribution < 1.29 is 9.53 Å². The number of carbonyl (C=O) groups is 1. The largest absolute Gasteiger partial charge is 0.495 e. The lowest BCUT2D eigenvalue weighted by Crippen LogP contribution is -2.30. The number of amides is 1. The Bertz CT molecular complexity index is 377. The van der Waals surface area contributed by atoms with Gasteiger partial charge in [0, 0.05) is 7.05 Å². The minimum atomic E-state index is -0.355. The summed E-state index contributed by atoms with van der Waals surface area (Å²) in [6.45, 7) is 2.27. The van der Waals surface area contributed by atoms with Gasteiger partial charge >= 0.3 is 0 Å². The van der Waals surface area contributed by atoms with E-state index in [1.165, 1.54) is 5.56 Å². The standard InChI is InChI=1S/C12H18N2O2/c1-4-9-5-6-11(16-3)10(7-9)14(2)8-12(13)15/h5-7H,4,8H2,1-3H3,(H2,13,15). The molecule has 0 spiro atoms. The molecule has 0 aliphatic heterocycles. The van der Waals surface area contributed by atoms with Crippen molar-refractivity contribution in [1.29, 1.82) is 0 Å². The van der Waals surface area contributed by atoms with Crippen LogP contribution in [0.5, 0.6) is 5.75 Å². The maximum absolute atomic E-state index is 10.9. The normalized spacial score (nSPS) is 9.94. The third-order valence-corrected chi connectivity index (χ3v) is 2.46. The first kappa shape index (κ1) is 12.4. The lowest BCUT2D eigenvalue weighted by molar-refractivity contribution is -0.116. The van der Waals surface area contributed by atoms with Gasteiger partial charge in [-0.3, -0.25) is 4.79 Å². The first-order chi connectivity index (χ1) is 7.58. The van der Waals surface area contributed by atoms with Gasteiger partial charge in [-0.15, -0.1) is 0 Å². The van der Waals surface area contributed by atoms with Crippen LogP contribution < -0.4 is 15.4 Å². The zero-order valence-electron chi connectivity index (χ0n) is 9.99. The van der Waals surface area contributed by atoms with Crippen LogP contribution in [0.25, 0.3) is 0 Å². The van der Waals surface area contributed by atoms with Crippen molar-refractivity contribution in [1.82, 2.24) is 0 Å². The van der Waals surface area contributed by atoms with Crippen LogP contribution in [0.1, 0.15) is 12.5 Å². The van der Waals surface area contributed by atoms with E-state index < -0.39 is 0 Å². The molecule has 0 bridgehead atoms. The van der Waals surface area contributed by atoms with Crippen molar-refractivity contribution in [3.63, 3.8) is 0 Å². The number of rotatable bonds is 5. The van der Waals surface area contributed by atoms with Gasteiger partial charge in [-0.05, 0) is 24.1 Å². The zero-order chi connectivity index (χ0) is 12.1. The minimum absolute atomic E-state index is 0.184. The summed E-state index contributed by atoms with van der Waals surface area (Å²) in [5.74, 6) is 0.396. The van der Waals surface area contributed by atoms with Crippen LogP contribution in [0.2, 0.25) is 0 Å². The fourth-order valence-electron chi connectivity index (χ4n) is 1.57. The third kappa shape index (κ3) is 2.89. The van der Waals surface area contributed by atoms with Crippen molar-refractivity contribution in [2.75, 3.05) is 25.6 Å². The number of nitrogens with zero attached hydrogens (tertiary/aromatic N) is 1. The summed E-state index contributed by atoms with van der Waals surface area (Å²) in [7, 11) is 3.44. The van der Waals surface area contributed by atoms with Crippen LogP contribution in [0.4, 0.5) is 5.69 Å². The van der Waals surface area contributed by atoms with E-state index in [2.05, 4.69) is 6.92 Å². The number of ether oxygens (including phenoxy) is 1. The number of nitrogens with two attached hydrogens (primary N) is 1. The zero-order valence-corrected chi connectivity index (χ0v) is 9.99. The SMILES string of the molecule is CCc1ccc(OC)c(N(C)CC(N)=O)c1. The van der Waals surface area contributed by atoms with Crippen LogP contribution in [0.3, 0.4) is 0 Å². The maximum Gasteiger partial charge on any atom is 0.236 e. The smallest absolute Gasteiger partial charge is 0.236 e. The van der Waals surface area contributed by atoms with Gasteiger partial charge < -0.3 is 15.4 Å². The van der Waals surface area contributed by atoms with E-state index in [1.807, 2.05) is 25.2 Å². The molecule has 0 saturated carbocycles. The number of benzene rings is 1. The van der Waals surface area contributed by atoms with E-state index in [1.54, 1.807) is 12.0 Å². The highest BCUT2D eigenvalue weighted by molar-refractivity contribution is 5.80. The lowest BCUT2D eigenvalue weighted by Gasteiger charge is -2.20. The average Bonchev–Trinajstić information content (AvgIpc) is 2.27. The highest BCUT2D eigenvalue weighted by Gasteiger charge is 2.10. The molecular formula is C12H18N2O2. The van der Waals surface area contributed by atoms with Gasteiger partial charge in [0.05, 0.1) is 19.3 Å². The van der Waals surface area contributed by atoms with Crippen molar-refractivity contribution in [3.05, 3.63) is 23.8 Å². The summed E-state index contributed by atoms with van der Waals surface area (Å²) >= 11 is 0. The Kier molecular flexibility index (Phi) is 4.17. The van der Waals surface area contributed by atoms with Gasteiger partial charge in [-0.25, -0.2) is 0 Å². The predicted molar refractivity (Wildman–Crippen MR) is 64.8 cm³/mol. The first-order valence-electron chi connectivity index (χ1n) is 5.24. The van der Waals surface area contributed by atoms with Gasteiger partial charge in [-0.1, -0.05) is 13.0 Å². The Morgan fingerprint density at radius 1 is 1.50 bits per heavy atom. The minimum Gasteiger partial charge on any atom is -0.495 e. The molecule has 0 fully saturated rings. The molecule has 88 valence electrons. The number of primary amides is 1. The van der Waals surface area contributed by atoms with E-state index >= 15 is 0 Å². The molecule has 0 aliphatic rings. The van der Waals surface area contributed by atoms with Crippen LogP contribution in [0.15, 0.2) is 18.2 Å². The molecule has 0 radical (unpaired) electrons. The van der Waals surface area contributed by atoms with Gasteiger partial charge in [0.2, 0.25) is 5.91 Å². The maximum atomic E-state index is 10.9. The molecule has 0 heterocycles. The first-order valence-corrected chi connectivity index (χ1v) is 5.24. The molecule has 1 aromatic carbocycles. The van der Waals surface area contributed by atoms with E-state index in [-0.39, 0.29) is 12.5 Å². The highest BCUT2D eigenvalue weighted by atomic mass is 16.5. The second-order valence-electron chi connectivity index (χ2n) is 3.68. The summed E-state index contributed by atoms with van der Waals surface area (Å²) in [6.07, 6.45) is 0.946. The fourth-order valence-corrected chi connectivity index (χ4v) is 1.57. The number of likely N-dealkylation sites (N-methyl/N-ethyl adjacent to an activating group) is 1. The van der Waals surface area contributed by atoms with E-state index in [4.69, 9.17) is 10.5 Å². The number of anilines is 1. The van der Waals surface area contributed by atoms with Crippen molar-refractivity contribution >= 4 is 11.6 Å². The van der Waals surface area contributed by atoms with Gasteiger partial charge in [0.1, 0.15) is 5.75 Å². The number of hydrogen-bond acceptors (Lipinski definition) is 3. The summed E-state index contributed by atoms with van der Waals surface area (Å²) in [5.41, 5.74) is 7.26. The summed E-state index contributed by atoms with van der Waals surface area (Å²) in [6, 6.07) is 5.94. The van der Waals surface area contributed by atoms with E-state index in [0.29, 0.717) is 0 Å². The summed E-state index contributed by atoms with van der Waals surface area (Å²) in [5, 5.41) is 0. The Labute approximate surface area is 96.0 Å². The van der Waals surface area contributed by atoms with Crippen molar-refractivity contribution in [2.45, 2.75) is 13.3 Å². The molecule has 0 saturated heterocycles. The second kappa shape index (κ2) is 5.39. The van der Waals surface area contributed by atoms with Crippen LogP contribution >= 0.6 is 0 Å². The molecule has 1 rings (SSSR count). The molecule has 1 aromatic rings. The Morgan fingerprint density at radius 3 is 2.69 bits per heavy atom. The lowest BCUT2D eigenvalue weighted by atomic mass is 10.1. The number of carbonyl (C=O) groups excluding carboxylic acids is 1. The average molecular weight is 222 g/mol. The molecule has 0 unspecified atom stereocenters. The van der Waals surface area contributed by atoms with Gasteiger partial charge in [0.15, 0.2) is 0 Å². The predicted octanol–water partition coefficient (Wildman–Crippen LogP) is 1.18. The van der Waals surface area contributed by atoms with Crippen LogP contribution in [-0.4, -0.2) is 26.6 Å². The van der Waals surface area contributed by atoms with Gasteiger partial charge in [-0.2, -0.15) is 0 Å². The fraction of sp³-hybridized carbons (Fsp3) is 0.417. The molecule has 1 amide bonds. The molecule has 0 atom stereocenters. The molecule has 0 aliphatic carbocycles. The molecule has 4 heteroatoms. The van der Waals surface area contributed by atoms with E-state index in [0.717, 1.165) is 17.9 Å². The number of methoxy groups -OCH3 is 1. The third-order valence-electron chi connectivity index (χ3n) is 2.46. The van der Waals surface area contributed by atoms with Crippen LogP contribution in [0, 0.1) is 0 Å². The molecule has 2 N–H and O–H groups in total. The molecule has 0 aromatic heterocycles. The molecule has 16 heavy (non-hydrogen) atoms. The second-order valence-corrected chi connectivity index (χ2v) is 3.68. The Morgan fingerprint density at radius 2 is 2.19 bits per heavy atom. The Balaban J connectivity index is 3.02. The summed E-state index contributed by atoms with van der Waals surface area (Å²) < 4.78 is 5.25. The molecule has 4 nitrogen and oxygen atoms in total. The van der Waals surface area contributed by atoms with Crippen molar-refractivity contribution in [2.24, 2.45) is 5.73 Å². The number of hydrogen-bond donors (Lipinski definition) is 1. The van der Waals surface area contributed by atoms with E-state index in [9.17, 15) is 4.79 Å². The monoisotopic (exact) mass is 222 g/mol. The quantitative estimate of drug-likeness (QED) is 0.814.